The van der Waals surface area contributed by atoms with E-state index in [0.717, 1.165) is 15.6 Å². The lowest BCUT2D eigenvalue weighted by molar-refractivity contribution is 0.0697. The molecule has 0 saturated carbocycles. The first-order valence-corrected chi connectivity index (χ1v) is 10.5. The van der Waals surface area contributed by atoms with Crippen molar-refractivity contribution >= 4 is 31.9 Å². The van der Waals surface area contributed by atoms with E-state index in [1.54, 1.807) is 29.3 Å². The molecule has 2 heterocycles. The number of rotatable bonds is 3. The average Bonchev–Trinajstić information content (AvgIpc) is 2.63. The van der Waals surface area contributed by atoms with E-state index in [0.29, 0.717) is 23.5 Å². The highest BCUT2D eigenvalue weighted by molar-refractivity contribution is 9.10. The number of hydrogen-bond acceptors (Lipinski definition) is 4. The number of pyridine rings is 1. The maximum Gasteiger partial charge on any atom is 0.255 e. The molecule has 26 heavy (non-hydrogen) atoms. The Labute approximate surface area is 162 Å². The predicted molar refractivity (Wildman–Crippen MR) is 103 cm³/mol. The average molecular weight is 438 g/mol. The number of carbonyl (C=O) groups is 1. The fraction of sp³-hybridized carbons (Fsp3) is 0.333. The van der Waals surface area contributed by atoms with E-state index in [2.05, 4.69) is 20.9 Å². The number of nitrogens with zero attached hydrogens (tertiary/aromatic N) is 3. The molecule has 1 aliphatic heterocycles. The minimum atomic E-state index is -3.55. The molecule has 1 aromatic carbocycles. The van der Waals surface area contributed by atoms with Gasteiger partial charge < -0.3 is 4.90 Å². The summed E-state index contributed by atoms with van der Waals surface area (Å²) in [6.45, 7) is 5.12. The molecule has 1 aromatic heterocycles. The lowest BCUT2D eigenvalue weighted by Gasteiger charge is -2.34. The molecular formula is C18H20BrN3O3S. The minimum Gasteiger partial charge on any atom is -0.336 e. The van der Waals surface area contributed by atoms with Gasteiger partial charge >= 0.3 is 0 Å². The predicted octanol–water partition coefficient (Wildman–Crippen LogP) is 2.61. The van der Waals surface area contributed by atoms with Gasteiger partial charge in [-0.25, -0.2) is 8.42 Å². The number of halogens is 1. The quantitative estimate of drug-likeness (QED) is 0.739. The lowest BCUT2D eigenvalue weighted by atomic mass is 10.1. The van der Waals surface area contributed by atoms with Crippen molar-refractivity contribution in [2.45, 2.75) is 18.7 Å². The van der Waals surface area contributed by atoms with Gasteiger partial charge in [-0.05, 0) is 59.1 Å². The molecule has 138 valence electrons. The minimum absolute atomic E-state index is 0.137. The van der Waals surface area contributed by atoms with Crippen LogP contribution in [0.1, 0.15) is 21.5 Å². The first-order valence-electron chi connectivity index (χ1n) is 8.26. The molecule has 6 nitrogen and oxygen atoms in total. The Kier molecular flexibility index (Phi) is 5.45. The molecule has 0 spiro atoms. The first-order chi connectivity index (χ1) is 12.3. The van der Waals surface area contributed by atoms with E-state index in [1.807, 2.05) is 19.9 Å². The van der Waals surface area contributed by atoms with Crippen molar-refractivity contribution in [1.29, 1.82) is 0 Å². The van der Waals surface area contributed by atoms with E-state index in [-0.39, 0.29) is 19.0 Å². The van der Waals surface area contributed by atoms with Gasteiger partial charge in [0.25, 0.3) is 5.91 Å². The van der Waals surface area contributed by atoms with E-state index >= 15 is 0 Å². The molecule has 0 radical (unpaired) electrons. The third-order valence-corrected chi connectivity index (χ3v) is 6.92. The van der Waals surface area contributed by atoms with Gasteiger partial charge in [0.15, 0.2) is 0 Å². The zero-order valence-corrected chi connectivity index (χ0v) is 17.0. The number of hydrogen-bond donors (Lipinski definition) is 0. The number of sulfonamides is 1. The van der Waals surface area contributed by atoms with Gasteiger partial charge in [-0.15, -0.1) is 0 Å². The zero-order valence-electron chi connectivity index (χ0n) is 14.6. The van der Waals surface area contributed by atoms with Crippen molar-refractivity contribution in [1.82, 2.24) is 14.2 Å². The molecule has 3 rings (SSSR count). The van der Waals surface area contributed by atoms with Crippen LogP contribution in [-0.4, -0.2) is 54.7 Å². The molecular weight excluding hydrogens is 418 g/mol. The highest BCUT2D eigenvalue weighted by Gasteiger charge is 2.30. The Morgan fingerprint density at radius 1 is 1.04 bits per heavy atom. The number of aromatic nitrogens is 1. The molecule has 1 saturated heterocycles. The molecule has 1 amide bonds. The van der Waals surface area contributed by atoms with Gasteiger partial charge in [-0.2, -0.15) is 4.31 Å². The summed E-state index contributed by atoms with van der Waals surface area (Å²) in [5.74, 6) is -0.137. The van der Waals surface area contributed by atoms with Gasteiger partial charge in [-0.1, -0.05) is 6.07 Å². The second-order valence-corrected chi connectivity index (χ2v) is 9.19. The Hall–Kier alpha value is -1.77. The number of benzene rings is 1. The fourth-order valence-corrected chi connectivity index (χ4v) is 4.74. The van der Waals surface area contributed by atoms with E-state index < -0.39 is 10.0 Å². The van der Waals surface area contributed by atoms with Gasteiger partial charge in [0, 0.05) is 43.0 Å². The molecule has 0 atom stereocenters. The molecule has 8 heteroatoms. The van der Waals surface area contributed by atoms with Crippen LogP contribution < -0.4 is 0 Å². The fourth-order valence-electron chi connectivity index (χ4n) is 2.87. The number of aryl methyl sites for hydroxylation is 2. The zero-order chi connectivity index (χ0) is 18.9. The summed E-state index contributed by atoms with van der Waals surface area (Å²) < 4.78 is 27.9. The molecule has 0 unspecified atom stereocenters. The molecule has 1 aliphatic rings. The first kappa shape index (κ1) is 19.0. The third kappa shape index (κ3) is 3.82. The summed E-state index contributed by atoms with van der Waals surface area (Å²) in [7, 11) is -3.55. The van der Waals surface area contributed by atoms with Crippen LogP contribution in [0, 0.1) is 13.8 Å². The van der Waals surface area contributed by atoms with Gasteiger partial charge in [-0.3, -0.25) is 9.78 Å². The Bertz CT molecular complexity index is 938. The number of amides is 1. The topological polar surface area (TPSA) is 70.6 Å². The van der Waals surface area contributed by atoms with E-state index in [9.17, 15) is 13.2 Å². The van der Waals surface area contributed by atoms with Crippen molar-refractivity contribution in [3.63, 3.8) is 0 Å². The molecule has 0 aliphatic carbocycles. The van der Waals surface area contributed by atoms with Crippen LogP contribution in [0.3, 0.4) is 0 Å². The molecule has 2 aromatic rings. The van der Waals surface area contributed by atoms with Crippen LogP contribution in [0.25, 0.3) is 0 Å². The normalized spacial score (nSPS) is 15.9. The summed E-state index contributed by atoms with van der Waals surface area (Å²) in [6.07, 6.45) is 3.14. The van der Waals surface area contributed by atoms with Crippen LogP contribution in [0.4, 0.5) is 0 Å². The highest BCUT2D eigenvalue weighted by atomic mass is 79.9. The standard InChI is InChI=1S/C18H20BrN3O3S/c1-13-3-4-17(9-14(13)2)26(24,25)22-7-5-21(6-8-22)18(23)15-10-16(19)12-20-11-15/h3-4,9-12H,5-8H2,1-2H3. The molecule has 0 N–H and O–H groups in total. The number of piperazine rings is 1. The summed E-state index contributed by atoms with van der Waals surface area (Å²) in [6, 6.07) is 6.88. The third-order valence-electron chi connectivity index (χ3n) is 4.59. The largest absolute Gasteiger partial charge is 0.336 e. The second kappa shape index (κ2) is 7.46. The summed E-state index contributed by atoms with van der Waals surface area (Å²) >= 11 is 3.31. The maximum atomic E-state index is 12.8. The summed E-state index contributed by atoms with van der Waals surface area (Å²) in [5.41, 5.74) is 2.49. The SMILES string of the molecule is Cc1ccc(S(=O)(=O)N2CCN(C(=O)c3cncc(Br)c3)CC2)cc1C. The van der Waals surface area contributed by atoms with Crippen molar-refractivity contribution in [3.8, 4) is 0 Å². The Morgan fingerprint density at radius 2 is 1.73 bits per heavy atom. The maximum absolute atomic E-state index is 12.8. The lowest BCUT2D eigenvalue weighted by Crippen LogP contribution is -2.50. The van der Waals surface area contributed by atoms with Crippen molar-refractivity contribution in [2.75, 3.05) is 26.2 Å². The van der Waals surface area contributed by atoms with Crippen molar-refractivity contribution < 1.29 is 13.2 Å². The van der Waals surface area contributed by atoms with Gasteiger partial charge in [0.05, 0.1) is 10.5 Å². The van der Waals surface area contributed by atoms with E-state index in [1.165, 1.54) is 10.5 Å². The van der Waals surface area contributed by atoms with E-state index in [4.69, 9.17) is 0 Å². The van der Waals surface area contributed by atoms with Crippen molar-refractivity contribution in [3.05, 3.63) is 57.8 Å². The summed E-state index contributed by atoms with van der Waals surface area (Å²) in [4.78, 5) is 18.5. The Morgan fingerprint density at radius 3 is 2.35 bits per heavy atom. The van der Waals surface area contributed by atoms with Crippen LogP contribution in [-0.2, 0) is 10.0 Å². The van der Waals surface area contributed by atoms with Crippen LogP contribution >= 0.6 is 15.9 Å². The highest BCUT2D eigenvalue weighted by Crippen LogP contribution is 2.21. The van der Waals surface area contributed by atoms with Gasteiger partial charge in [0.2, 0.25) is 10.0 Å². The molecule has 0 bridgehead atoms. The van der Waals surface area contributed by atoms with Crippen LogP contribution in [0.15, 0.2) is 46.0 Å². The summed E-state index contributed by atoms with van der Waals surface area (Å²) in [5, 5.41) is 0. The molecule has 1 fully saturated rings. The monoisotopic (exact) mass is 437 g/mol. The smallest absolute Gasteiger partial charge is 0.255 e. The van der Waals surface area contributed by atoms with Gasteiger partial charge in [0.1, 0.15) is 0 Å². The van der Waals surface area contributed by atoms with Crippen LogP contribution in [0.2, 0.25) is 0 Å². The number of carbonyl (C=O) groups excluding carboxylic acids is 1. The van der Waals surface area contributed by atoms with Crippen LogP contribution in [0.5, 0.6) is 0 Å². The Balaban J connectivity index is 1.71. The van der Waals surface area contributed by atoms with Crippen molar-refractivity contribution in [2.24, 2.45) is 0 Å². The second-order valence-electron chi connectivity index (χ2n) is 6.33.